The number of rotatable bonds is 5. The van der Waals surface area contributed by atoms with E-state index >= 15 is 0 Å². The van der Waals surface area contributed by atoms with Crippen LogP contribution in [0.4, 0.5) is 0 Å². The second-order valence-electron chi connectivity index (χ2n) is 5.48. The van der Waals surface area contributed by atoms with Crippen molar-refractivity contribution in [2.75, 3.05) is 19.7 Å². The molecule has 0 saturated carbocycles. The number of hydrogen-bond donors (Lipinski definition) is 0. The Labute approximate surface area is 116 Å². The Kier molecular flexibility index (Phi) is 6.30. The van der Waals surface area contributed by atoms with Gasteiger partial charge in [-0.2, -0.15) is 5.26 Å². The number of carbonyl (C=O) groups is 1. The summed E-state index contributed by atoms with van der Waals surface area (Å²) in [6.45, 7) is 8.06. The molecule has 108 valence electrons. The number of carbonyl (C=O) groups excluding carboxylic acids is 1. The maximum absolute atomic E-state index is 12.8. The standard InChI is InChI=1S/C15H26N2O2/c1-4-7-15(12-16,8-5-2)14(18)17-9-6-10-19-13(3)11-17/h13H,4-11H2,1-3H3. The summed E-state index contributed by atoms with van der Waals surface area (Å²) in [5.41, 5.74) is -0.826. The fraction of sp³-hybridized carbons (Fsp3) is 0.867. The molecule has 1 atom stereocenters. The molecule has 1 heterocycles. The maximum atomic E-state index is 12.8. The van der Waals surface area contributed by atoms with Gasteiger partial charge in [0, 0.05) is 19.7 Å². The van der Waals surface area contributed by atoms with Crippen molar-refractivity contribution in [2.24, 2.45) is 5.41 Å². The Morgan fingerprint density at radius 2 is 2.05 bits per heavy atom. The van der Waals surface area contributed by atoms with Gasteiger partial charge in [0.05, 0.1) is 12.2 Å². The third-order valence-electron chi connectivity index (χ3n) is 3.72. The summed E-state index contributed by atoms with van der Waals surface area (Å²) in [6.07, 6.45) is 3.95. The highest BCUT2D eigenvalue weighted by molar-refractivity contribution is 5.85. The first-order valence-electron chi connectivity index (χ1n) is 7.42. The predicted molar refractivity (Wildman–Crippen MR) is 74.5 cm³/mol. The van der Waals surface area contributed by atoms with Gasteiger partial charge in [-0.25, -0.2) is 0 Å². The highest BCUT2D eigenvalue weighted by Crippen LogP contribution is 2.32. The normalized spacial score (nSPS) is 20.7. The van der Waals surface area contributed by atoms with E-state index in [1.807, 2.05) is 25.7 Å². The zero-order chi connectivity index (χ0) is 14.3. The molecule has 0 bridgehead atoms. The highest BCUT2D eigenvalue weighted by atomic mass is 16.5. The Hall–Kier alpha value is -1.08. The molecule has 1 amide bonds. The minimum atomic E-state index is -0.826. The van der Waals surface area contributed by atoms with Gasteiger partial charge in [-0.05, 0) is 26.2 Å². The van der Waals surface area contributed by atoms with Crippen molar-refractivity contribution in [1.29, 1.82) is 5.26 Å². The van der Waals surface area contributed by atoms with E-state index in [1.165, 1.54) is 0 Å². The van der Waals surface area contributed by atoms with E-state index in [9.17, 15) is 10.1 Å². The summed E-state index contributed by atoms with van der Waals surface area (Å²) >= 11 is 0. The molecule has 0 spiro atoms. The molecular weight excluding hydrogens is 240 g/mol. The molecule has 0 N–H and O–H groups in total. The van der Waals surface area contributed by atoms with E-state index < -0.39 is 5.41 Å². The van der Waals surface area contributed by atoms with E-state index in [0.717, 1.165) is 19.3 Å². The summed E-state index contributed by atoms with van der Waals surface area (Å²) in [4.78, 5) is 14.6. The third kappa shape index (κ3) is 3.94. The minimum Gasteiger partial charge on any atom is -0.377 e. The van der Waals surface area contributed by atoms with E-state index in [4.69, 9.17) is 4.74 Å². The Morgan fingerprint density at radius 3 is 2.58 bits per heavy atom. The van der Waals surface area contributed by atoms with Crippen LogP contribution in [0.2, 0.25) is 0 Å². The largest absolute Gasteiger partial charge is 0.377 e. The van der Waals surface area contributed by atoms with Gasteiger partial charge in [0.25, 0.3) is 0 Å². The van der Waals surface area contributed by atoms with Gasteiger partial charge in [-0.3, -0.25) is 4.79 Å². The van der Waals surface area contributed by atoms with Crippen LogP contribution in [0.25, 0.3) is 0 Å². The summed E-state index contributed by atoms with van der Waals surface area (Å²) < 4.78 is 5.57. The van der Waals surface area contributed by atoms with Crippen LogP contribution in [-0.2, 0) is 9.53 Å². The van der Waals surface area contributed by atoms with Gasteiger partial charge in [0.1, 0.15) is 5.41 Å². The molecule has 1 saturated heterocycles. The predicted octanol–water partition coefficient (Wildman–Crippen LogP) is 2.73. The summed E-state index contributed by atoms with van der Waals surface area (Å²) in [6, 6.07) is 2.32. The van der Waals surface area contributed by atoms with E-state index in [2.05, 4.69) is 6.07 Å². The monoisotopic (exact) mass is 266 g/mol. The molecule has 1 unspecified atom stereocenters. The lowest BCUT2D eigenvalue weighted by Gasteiger charge is -2.32. The van der Waals surface area contributed by atoms with Crippen molar-refractivity contribution in [3.63, 3.8) is 0 Å². The summed E-state index contributed by atoms with van der Waals surface area (Å²) in [5.74, 6) is 0.0102. The minimum absolute atomic E-state index is 0.0102. The molecule has 4 heteroatoms. The highest BCUT2D eigenvalue weighted by Gasteiger charge is 2.40. The number of nitriles is 1. The van der Waals surface area contributed by atoms with E-state index in [0.29, 0.717) is 32.5 Å². The fourth-order valence-electron chi connectivity index (χ4n) is 2.83. The van der Waals surface area contributed by atoms with Crippen molar-refractivity contribution in [3.8, 4) is 6.07 Å². The summed E-state index contributed by atoms with van der Waals surface area (Å²) in [7, 11) is 0. The quantitative estimate of drug-likeness (QED) is 0.769. The van der Waals surface area contributed by atoms with Crippen LogP contribution in [0.1, 0.15) is 52.9 Å². The molecule has 1 rings (SSSR count). The molecule has 0 radical (unpaired) electrons. The van der Waals surface area contributed by atoms with Gasteiger partial charge >= 0.3 is 0 Å². The van der Waals surface area contributed by atoms with Crippen molar-refractivity contribution >= 4 is 5.91 Å². The molecule has 0 aromatic heterocycles. The second-order valence-corrected chi connectivity index (χ2v) is 5.48. The smallest absolute Gasteiger partial charge is 0.243 e. The van der Waals surface area contributed by atoms with Crippen LogP contribution in [0.5, 0.6) is 0 Å². The number of hydrogen-bond acceptors (Lipinski definition) is 3. The van der Waals surface area contributed by atoms with Crippen LogP contribution in [0.3, 0.4) is 0 Å². The van der Waals surface area contributed by atoms with Crippen LogP contribution in [-0.4, -0.2) is 36.6 Å². The second kappa shape index (κ2) is 7.49. The summed E-state index contributed by atoms with van der Waals surface area (Å²) in [5, 5.41) is 9.55. The molecule has 19 heavy (non-hydrogen) atoms. The fourth-order valence-corrected chi connectivity index (χ4v) is 2.83. The Morgan fingerprint density at radius 1 is 1.42 bits per heavy atom. The van der Waals surface area contributed by atoms with Gasteiger partial charge in [-0.15, -0.1) is 0 Å². The van der Waals surface area contributed by atoms with E-state index in [1.54, 1.807) is 0 Å². The van der Waals surface area contributed by atoms with Gasteiger partial charge in [0.15, 0.2) is 0 Å². The molecule has 1 aliphatic rings. The first-order chi connectivity index (χ1) is 9.09. The van der Waals surface area contributed by atoms with Gasteiger partial charge in [-0.1, -0.05) is 26.7 Å². The van der Waals surface area contributed by atoms with Crippen molar-refractivity contribution in [2.45, 2.75) is 59.0 Å². The zero-order valence-corrected chi connectivity index (χ0v) is 12.4. The van der Waals surface area contributed by atoms with Crippen molar-refractivity contribution in [1.82, 2.24) is 4.90 Å². The lowest BCUT2D eigenvalue weighted by Crippen LogP contribution is -2.45. The Balaban J connectivity index is 2.88. The van der Waals surface area contributed by atoms with Crippen LogP contribution < -0.4 is 0 Å². The van der Waals surface area contributed by atoms with Crippen molar-refractivity contribution in [3.05, 3.63) is 0 Å². The van der Waals surface area contributed by atoms with Gasteiger partial charge < -0.3 is 9.64 Å². The van der Waals surface area contributed by atoms with Crippen LogP contribution in [0.15, 0.2) is 0 Å². The lowest BCUT2D eigenvalue weighted by atomic mass is 9.79. The number of amides is 1. The SMILES string of the molecule is CCCC(C#N)(CCC)C(=O)N1CCCOC(C)C1. The molecule has 1 aliphatic heterocycles. The van der Waals surface area contributed by atoms with Crippen LogP contribution in [0, 0.1) is 16.7 Å². The zero-order valence-electron chi connectivity index (χ0n) is 12.4. The topological polar surface area (TPSA) is 53.3 Å². The first kappa shape index (κ1) is 16.0. The van der Waals surface area contributed by atoms with E-state index in [-0.39, 0.29) is 12.0 Å². The van der Waals surface area contributed by atoms with Gasteiger partial charge in [0.2, 0.25) is 5.91 Å². The molecule has 4 nitrogen and oxygen atoms in total. The average molecular weight is 266 g/mol. The average Bonchev–Trinajstić information content (AvgIpc) is 2.62. The first-order valence-corrected chi connectivity index (χ1v) is 7.42. The molecule has 1 fully saturated rings. The molecule has 0 aromatic carbocycles. The number of nitrogens with zero attached hydrogens (tertiary/aromatic N) is 2. The maximum Gasteiger partial charge on any atom is 0.243 e. The van der Waals surface area contributed by atoms with Crippen molar-refractivity contribution < 1.29 is 9.53 Å². The van der Waals surface area contributed by atoms with Crippen LogP contribution >= 0.6 is 0 Å². The molecular formula is C15H26N2O2. The number of ether oxygens (including phenoxy) is 1. The lowest BCUT2D eigenvalue weighted by molar-refractivity contribution is -0.140. The Bertz CT molecular complexity index is 330. The molecule has 0 aromatic rings. The third-order valence-corrected chi connectivity index (χ3v) is 3.72. The molecule has 0 aliphatic carbocycles.